The molecule has 3 nitrogen and oxygen atoms in total. The van der Waals surface area contributed by atoms with E-state index in [-0.39, 0.29) is 6.04 Å². The molecule has 0 aliphatic rings. The van der Waals surface area contributed by atoms with Crippen molar-refractivity contribution in [3.05, 3.63) is 34.8 Å². The SMILES string of the molecule is C=C(Br)COc1cc(OCCC)ccc1CC(C)N. The van der Waals surface area contributed by atoms with Gasteiger partial charge in [0.05, 0.1) is 6.61 Å². The minimum atomic E-state index is 0.0944. The summed E-state index contributed by atoms with van der Waals surface area (Å²) in [5.74, 6) is 1.64. The quantitative estimate of drug-likeness (QED) is 0.792. The number of nitrogens with two attached hydrogens (primary N) is 1. The number of rotatable bonds is 8. The molecule has 0 saturated heterocycles. The topological polar surface area (TPSA) is 44.5 Å². The molecule has 0 heterocycles. The molecule has 0 saturated carbocycles. The Hall–Kier alpha value is -1.00. The van der Waals surface area contributed by atoms with Gasteiger partial charge in [-0.15, -0.1) is 0 Å². The van der Waals surface area contributed by atoms with Crippen LogP contribution in [0.4, 0.5) is 0 Å². The van der Waals surface area contributed by atoms with Gasteiger partial charge < -0.3 is 15.2 Å². The molecule has 0 amide bonds. The first-order valence-corrected chi connectivity index (χ1v) is 7.29. The molecule has 4 heteroatoms. The average molecular weight is 328 g/mol. The summed E-state index contributed by atoms with van der Waals surface area (Å²) in [5.41, 5.74) is 6.94. The highest BCUT2D eigenvalue weighted by Crippen LogP contribution is 2.27. The maximum Gasteiger partial charge on any atom is 0.126 e. The molecule has 1 aromatic rings. The monoisotopic (exact) mass is 327 g/mol. The number of hydrogen-bond donors (Lipinski definition) is 1. The first kappa shape index (κ1) is 16.1. The van der Waals surface area contributed by atoms with Crippen molar-refractivity contribution in [3.8, 4) is 11.5 Å². The fourth-order valence-corrected chi connectivity index (χ4v) is 1.76. The van der Waals surface area contributed by atoms with E-state index in [1.807, 2.05) is 25.1 Å². The molecule has 0 bridgehead atoms. The van der Waals surface area contributed by atoms with Gasteiger partial charge in [-0.05, 0) is 31.4 Å². The molecule has 0 spiro atoms. The van der Waals surface area contributed by atoms with Crippen molar-refractivity contribution < 1.29 is 9.47 Å². The summed E-state index contributed by atoms with van der Waals surface area (Å²) in [6.45, 7) is 8.97. The van der Waals surface area contributed by atoms with Crippen LogP contribution < -0.4 is 15.2 Å². The van der Waals surface area contributed by atoms with Gasteiger partial charge in [-0.2, -0.15) is 0 Å². The summed E-state index contributed by atoms with van der Waals surface area (Å²) in [6, 6.07) is 5.99. The van der Waals surface area contributed by atoms with Crippen LogP contribution in [-0.4, -0.2) is 19.3 Å². The lowest BCUT2D eigenvalue weighted by molar-refractivity contribution is 0.311. The maximum atomic E-state index is 5.85. The number of benzene rings is 1. The summed E-state index contributed by atoms with van der Waals surface area (Å²) in [4.78, 5) is 0. The number of ether oxygens (including phenoxy) is 2. The highest BCUT2D eigenvalue weighted by molar-refractivity contribution is 9.11. The van der Waals surface area contributed by atoms with Crippen LogP contribution >= 0.6 is 15.9 Å². The molecular weight excluding hydrogens is 306 g/mol. The lowest BCUT2D eigenvalue weighted by Crippen LogP contribution is -2.18. The van der Waals surface area contributed by atoms with Crippen molar-refractivity contribution >= 4 is 15.9 Å². The Morgan fingerprint density at radius 2 is 2.16 bits per heavy atom. The van der Waals surface area contributed by atoms with E-state index in [9.17, 15) is 0 Å². The van der Waals surface area contributed by atoms with E-state index in [0.717, 1.165) is 34.4 Å². The second kappa shape index (κ2) is 8.23. The van der Waals surface area contributed by atoms with E-state index >= 15 is 0 Å². The molecule has 0 fully saturated rings. The molecule has 1 rings (SSSR count). The molecular formula is C15H22BrNO2. The minimum absolute atomic E-state index is 0.0944. The van der Waals surface area contributed by atoms with Crippen LogP contribution in [0.25, 0.3) is 0 Å². The van der Waals surface area contributed by atoms with Crippen molar-refractivity contribution in [3.63, 3.8) is 0 Å². The Labute approximate surface area is 123 Å². The smallest absolute Gasteiger partial charge is 0.126 e. The van der Waals surface area contributed by atoms with Gasteiger partial charge in [-0.3, -0.25) is 0 Å². The van der Waals surface area contributed by atoms with Crippen LogP contribution in [0.2, 0.25) is 0 Å². The van der Waals surface area contributed by atoms with E-state index in [1.165, 1.54) is 0 Å². The standard InChI is InChI=1S/C15H22BrNO2/c1-4-7-18-14-6-5-13(8-12(3)17)15(9-14)19-10-11(2)16/h5-6,9,12H,2,4,7-8,10,17H2,1,3H3. The van der Waals surface area contributed by atoms with Crippen LogP contribution in [-0.2, 0) is 6.42 Å². The van der Waals surface area contributed by atoms with Crippen LogP contribution in [0.1, 0.15) is 25.8 Å². The van der Waals surface area contributed by atoms with Crippen LogP contribution in [0.5, 0.6) is 11.5 Å². The van der Waals surface area contributed by atoms with E-state index in [2.05, 4.69) is 29.4 Å². The first-order chi connectivity index (χ1) is 9.02. The first-order valence-electron chi connectivity index (χ1n) is 6.50. The fraction of sp³-hybridized carbons (Fsp3) is 0.467. The Kier molecular flexibility index (Phi) is 6.95. The highest BCUT2D eigenvalue weighted by Gasteiger charge is 2.08. The lowest BCUT2D eigenvalue weighted by atomic mass is 10.1. The Morgan fingerprint density at radius 3 is 2.74 bits per heavy atom. The van der Waals surface area contributed by atoms with Crippen LogP contribution in [0.3, 0.4) is 0 Å². The van der Waals surface area contributed by atoms with Gasteiger partial charge in [0.1, 0.15) is 18.1 Å². The molecule has 1 atom stereocenters. The maximum absolute atomic E-state index is 5.85. The van der Waals surface area contributed by atoms with Gasteiger partial charge >= 0.3 is 0 Å². The fourth-order valence-electron chi connectivity index (χ4n) is 1.65. The second-order valence-electron chi connectivity index (χ2n) is 4.61. The Balaban J connectivity index is 2.86. The van der Waals surface area contributed by atoms with E-state index in [1.54, 1.807) is 0 Å². The summed E-state index contributed by atoms with van der Waals surface area (Å²) in [7, 11) is 0. The second-order valence-corrected chi connectivity index (χ2v) is 5.73. The normalized spacial score (nSPS) is 12.0. The zero-order chi connectivity index (χ0) is 14.3. The third-order valence-electron chi connectivity index (χ3n) is 2.44. The van der Waals surface area contributed by atoms with E-state index < -0.39 is 0 Å². The molecule has 0 radical (unpaired) electrons. The van der Waals surface area contributed by atoms with Gasteiger partial charge in [0.25, 0.3) is 0 Å². The van der Waals surface area contributed by atoms with Gasteiger partial charge in [-0.25, -0.2) is 0 Å². The van der Waals surface area contributed by atoms with Crippen molar-refractivity contribution in [2.75, 3.05) is 13.2 Å². The average Bonchev–Trinajstić information content (AvgIpc) is 2.35. The Bertz CT molecular complexity index is 419. The largest absolute Gasteiger partial charge is 0.493 e. The van der Waals surface area contributed by atoms with Crippen molar-refractivity contribution in [1.82, 2.24) is 0 Å². The van der Waals surface area contributed by atoms with Gasteiger partial charge in [0, 0.05) is 16.6 Å². The molecule has 0 aliphatic heterocycles. The Morgan fingerprint density at radius 1 is 1.42 bits per heavy atom. The van der Waals surface area contributed by atoms with Crippen LogP contribution in [0.15, 0.2) is 29.3 Å². The molecule has 0 aromatic heterocycles. The zero-order valence-electron chi connectivity index (χ0n) is 11.6. The van der Waals surface area contributed by atoms with E-state index in [0.29, 0.717) is 13.2 Å². The van der Waals surface area contributed by atoms with Gasteiger partial charge in [0.2, 0.25) is 0 Å². The number of halogens is 1. The molecule has 0 aliphatic carbocycles. The molecule has 1 aromatic carbocycles. The molecule has 2 N–H and O–H groups in total. The van der Waals surface area contributed by atoms with Crippen molar-refractivity contribution in [1.29, 1.82) is 0 Å². The summed E-state index contributed by atoms with van der Waals surface area (Å²) >= 11 is 3.29. The predicted octanol–water partition coefficient (Wildman–Crippen LogP) is 3.65. The molecule has 106 valence electrons. The number of hydrogen-bond acceptors (Lipinski definition) is 3. The lowest BCUT2D eigenvalue weighted by Gasteiger charge is -2.15. The minimum Gasteiger partial charge on any atom is -0.493 e. The third kappa shape index (κ3) is 6.12. The third-order valence-corrected chi connectivity index (χ3v) is 2.67. The van der Waals surface area contributed by atoms with Crippen molar-refractivity contribution in [2.24, 2.45) is 5.73 Å². The summed E-state index contributed by atoms with van der Waals surface area (Å²) in [5, 5.41) is 0. The van der Waals surface area contributed by atoms with Gasteiger partial charge in [-0.1, -0.05) is 35.5 Å². The van der Waals surface area contributed by atoms with Crippen molar-refractivity contribution in [2.45, 2.75) is 32.7 Å². The molecule has 1 unspecified atom stereocenters. The van der Waals surface area contributed by atoms with Crippen LogP contribution in [0, 0.1) is 0 Å². The summed E-state index contributed by atoms with van der Waals surface area (Å²) in [6.07, 6.45) is 1.76. The zero-order valence-corrected chi connectivity index (χ0v) is 13.2. The molecule has 19 heavy (non-hydrogen) atoms. The summed E-state index contributed by atoms with van der Waals surface area (Å²) < 4.78 is 12.2. The predicted molar refractivity (Wildman–Crippen MR) is 83.1 cm³/mol. The van der Waals surface area contributed by atoms with Gasteiger partial charge in [0.15, 0.2) is 0 Å². The van der Waals surface area contributed by atoms with E-state index in [4.69, 9.17) is 15.2 Å². The highest BCUT2D eigenvalue weighted by atomic mass is 79.9.